The Morgan fingerprint density at radius 1 is 1.53 bits per heavy atom. The number of anilines is 1. The van der Waals surface area contributed by atoms with Gasteiger partial charge in [0.25, 0.3) is 0 Å². The molecular formula is C15H18N2O2. The molecule has 1 fully saturated rings. The Labute approximate surface area is 113 Å². The molecule has 2 rings (SSSR count). The lowest BCUT2D eigenvalue weighted by atomic mass is 9.63. The second-order valence-electron chi connectivity index (χ2n) is 5.37. The van der Waals surface area contributed by atoms with Crippen molar-refractivity contribution >= 4 is 11.6 Å². The van der Waals surface area contributed by atoms with Crippen molar-refractivity contribution in [2.75, 3.05) is 12.4 Å². The van der Waals surface area contributed by atoms with Crippen molar-refractivity contribution in [2.45, 2.75) is 26.7 Å². The molecule has 1 aliphatic carbocycles. The standard InChI is InChI=1S/C15H18N2O2/c1-10-4-5-13(19-3)12(6-10)17-14(18)15(9-16)7-11(2)8-15/h4-6,11H,7-8H2,1-3H3,(H,17,18). The average molecular weight is 258 g/mol. The van der Waals surface area contributed by atoms with Crippen LogP contribution >= 0.6 is 0 Å². The highest BCUT2D eigenvalue weighted by Crippen LogP contribution is 2.46. The van der Waals surface area contributed by atoms with Crippen molar-refractivity contribution in [1.82, 2.24) is 0 Å². The Balaban J connectivity index is 2.20. The van der Waals surface area contributed by atoms with Gasteiger partial charge in [0.05, 0.1) is 18.9 Å². The Morgan fingerprint density at radius 2 is 2.21 bits per heavy atom. The van der Waals surface area contributed by atoms with Gasteiger partial charge in [-0.3, -0.25) is 4.79 Å². The smallest absolute Gasteiger partial charge is 0.244 e. The van der Waals surface area contributed by atoms with Crippen LogP contribution in [0.3, 0.4) is 0 Å². The molecule has 0 bridgehead atoms. The molecule has 4 nitrogen and oxygen atoms in total. The van der Waals surface area contributed by atoms with Crippen LogP contribution in [0, 0.1) is 29.6 Å². The normalized spacial score (nSPS) is 25.1. The minimum Gasteiger partial charge on any atom is -0.495 e. The van der Waals surface area contributed by atoms with Gasteiger partial charge in [0.1, 0.15) is 11.2 Å². The molecule has 4 heteroatoms. The van der Waals surface area contributed by atoms with Gasteiger partial charge in [-0.05, 0) is 43.4 Å². The molecule has 19 heavy (non-hydrogen) atoms. The number of aryl methyl sites for hydroxylation is 1. The van der Waals surface area contributed by atoms with E-state index in [1.807, 2.05) is 25.1 Å². The van der Waals surface area contributed by atoms with Crippen LogP contribution in [0.25, 0.3) is 0 Å². The molecule has 0 spiro atoms. The molecule has 0 unspecified atom stereocenters. The molecule has 1 saturated carbocycles. The number of hydrogen-bond donors (Lipinski definition) is 1. The number of ether oxygens (including phenoxy) is 1. The summed E-state index contributed by atoms with van der Waals surface area (Å²) in [6, 6.07) is 7.75. The fourth-order valence-electron chi connectivity index (χ4n) is 2.62. The topological polar surface area (TPSA) is 62.1 Å². The van der Waals surface area contributed by atoms with Crippen LogP contribution in [0.5, 0.6) is 5.75 Å². The summed E-state index contributed by atoms with van der Waals surface area (Å²) in [7, 11) is 1.56. The zero-order valence-corrected chi connectivity index (χ0v) is 11.5. The molecule has 100 valence electrons. The van der Waals surface area contributed by atoms with Crippen molar-refractivity contribution in [3.8, 4) is 11.8 Å². The number of amides is 1. The van der Waals surface area contributed by atoms with Gasteiger partial charge in [-0.2, -0.15) is 5.26 Å². The third-order valence-electron chi connectivity index (χ3n) is 3.65. The number of rotatable bonds is 3. The number of hydrogen-bond acceptors (Lipinski definition) is 3. The lowest BCUT2D eigenvalue weighted by molar-refractivity contribution is -0.128. The molecule has 0 aliphatic heterocycles. The predicted octanol–water partition coefficient (Wildman–Crippen LogP) is 2.88. The summed E-state index contributed by atoms with van der Waals surface area (Å²) in [6.45, 7) is 4.00. The van der Waals surface area contributed by atoms with Crippen LogP contribution in [-0.2, 0) is 4.79 Å². The molecule has 1 N–H and O–H groups in total. The maximum Gasteiger partial charge on any atom is 0.244 e. The highest BCUT2D eigenvalue weighted by Gasteiger charge is 2.49. The first-order valence-corrected chi connectivity index (χ1v) is 6.38. The largest absolute Gasteiger partial charge is 0.495 e. The van der Waals surface area contributed by atoms with E-state index in [0.717, 1.165) is 5.56 Å². The number of methoxy groups -OCH3 is 1. The molecule has 1 aromatic carbocycles. The SMILES string of the molecule is COc1ccc(C)cc1NC(=O)C1(C#N)CC(C)C1. The molecule has 1 aromatic rings. The van der Waals surface area contributed by atoms with Crippen molar-refractivity contribution in [1.29, 1.82) is 5.26 Å². The minimum absolute atomic E-state index is 0.225. The third-order valence-corrected chi connectivity index (χ3v) is 3.65. The first kappa shape index (κ1) is 13.4. The maximum absolute atomic E-state index is 12.3. The van der Waals surface area contributed by atoms with Crippen LogP contribution in [-0.4, -0.2) is 13.0 Å². The highest BCUT2D eigenvalue weighted by molar-refractivity contribution is 5.99. The monoisotopic (exact) mass is 258 g/mol. The van der Waals surface area contributed by atoms with Gasteiger partial charge in [0, 0.05) is 0 Å². The lowest BCUT2D eigenvalue weighted by Gasteiger charge is -2.39. The van der Waals surface area contributed by atoms with Gasteiger partial charge in [0.15, 0.2) is 0 Å². The summed E-state index contributed by atoms with van der Waals surface area (Å²) in [5.41, 5.74) is 0.791. The van der Waals surface area contributed by atoms with E-state index in [0.29, 0.717) is 30.2 Å². The van der Waals surface area contributed by atoms with Gasteiger partial charge in [-0.1, -0.05) is 13.0 Å². The maximum atomic E-state index is 12.3. The zero-order valence-electron chi connectivity index (χ0n) is 11.5. The van der Waals surface area contributed by atoms with Crippen molar-refractivity contribution < 1.29 is 9.53 Å². The van der Waals surface area contributed by atoms with Gasteiger partial charge >= 0.3 is 0 Å². The summed E-state index contributed by atoms with van der Waals surface area (Å²) < 4.78 is 5.22. The van der Waals surface area contributed by atoms with Crippen molar-refractivity contribution in [3.05, 3.63) is 23.8 Å². The van der Waals surface area contributed by atoms with E-state index in [1.165, 1.54) is 0 Å². The molecule has 1 amide bonds. The molecular weight excluding hydrogens is 240 g/mol. The molecule has 0 aromatic heterocycles. The zero-order chi connectivity index (χ0) is 14.0. The lowest BCUT2D eigenvalue weighted by Crippen LogP contribution is -2.45. The van der Waals surface area contributed by atoms with Crippen LogP contribution < -0.4 is 10.1 Å². The van der Waals surface area contributed by atoms with E-state index in [2.05, 4.69) is 18.3 Å². The summed E-state index contributed by atoms with van der Waals surface area (Å²) >= 11 is 0. The average Bonchev–Trinajstić information content (AvgIpc) is 2.35. The van der Waals surface area contributed by atoms with E-state index in [4.69, 9.17) is 4.74 Å². The molecule has 0 atom stereocenters. The fourth-order valence-corrected chi connectivity index (χ4v) is 2.62. The van der Waals surface area contributed by atoms with Crippen LogP contribution in [0.4, 0.5) is 5.69 Å². The number of nitrogens with zero attached hydrogens (tertiary/aromatic N) is 1. The van der Waals surface area contributed by atoms with Crippen LogP contribution in [0.2, 0.25) is 0 Å². The number of carbonyl (C=O) groups excluding carboxylic acids is 1. The minimum atomic E-state index is -0.867. The Bertz CT molecular complexity index is 540. The van der Waals surface area contributed by atoms with Gasteiger partial charge in [-0.15, -0.1) is 0 Å². The quantitative estimate of drug-likeness (QED) is 0.906. The van der Waals surface area contributed by atoms with E-state index in [-0.39, 0.29) is 5.91 Å². The van der Waals surface area contributed by atoms with Crippen LogP contribution in [0.15, 0.2) is 18.2 Å². The van der Waals surface area contributed by atoms with Crippen molar-refractivity contribution in [3.63, 3.8) is 0 Å². The van der Waals surface area contributed by atoms with Gasteiger partial charge in [-0.25, -0.2) is 0 Å². The predicted molar refractivity (Wildman–Crippen MR) is 72.8 cm³/mol. The van der Waals surface area contributed by atoms with E-state index < -0.39 is 5.41 Å². The fraction of sp³-hybridized carbons (Fsp3) is 0.467. The number of nitrogens with one attached hydrogen (secondary N) is 1. The third kappa shape index (κ3) is 2.41. The second kappa shape index (κ2) is 4.93. The van der Waals surface area contributed by atoms with Gasteiger partial charge in [0.2, 0.25) is 5.91 Å². The Hall–Kier alpha value is -2.02. The number of nitriles is 1. The van der Waals surface area contributed by atoms with Crippen LogP contribution in [0.1, 0.15) is 25.3 Å². The molecule has 0 heterocycles. The van der Waals surface area contributed by atoms with E-state index >= 15 is 0 Å². The molecule has 0 radical (unpaired) electrons. The van der Waals surface area contributed by atoms with E-state index in [9.17, 15) is 10.1 Å². The summed E-state index contributed by atoms with van der Waals surface area (Å²) in [4.78, 5) is 12.3. The van der Waals surface area contributed by atoms with Gasteiger partial charge < -0.3 is 10.1 Å². The first-order valence-electron chi connectivity index (χ1n) is 6.38. The summed E-state index contributed by atoms with van der Waals surface area (Å²) in [5, 5.41) is 12.1. The highest BCUT2D eigenvalue weighted by atomic mass is 16.5. The van der Waals surface area contributed by atoms with Crippen molar-refractivity contribution in [2.24, 2.45) is 11.3 Å². The number of carbonyl (C=O) groups is 1. The molecule has 0 saturated heterocycles. The number of benzene rings is 1. The van der Waals surface area contributed by atoms with E-state index in [1.54, 1.807) is 7.11 Å². The first-order chi connectivity index (χ1) is 9.00. The Kier molecular flexibility index (Phi) is 3.48. The second-order valence-corrected chi connectivity index (χ2v) is 5.37. The summed E-state index contributed by atoms with van der Waals surface area (Å²) in [5.74, 6) is 0.821. The Morgan fingerprint density at radius 3 is 2.74 bits per heavy atom. The molecule has 1 aliphatic rings. The summed E-state index contributed by atoms with van der Waals surface area (Å²) in [6.07, 6.45) is 1.26.